The van der Waals surface area contributed by atoms with E-state index in [1.807, 2.05) is 6.07 Å². The maximum atomic E-state index is 8.61. The van der Waals surface area contributed by atoms with Gasteiger partial charge in [0.1, 0.15) is 0 Å². The molecule has 0 spiro atoms. The van der Waals surface area contributed by atoms with Gasteiger partial charge in [-0.15, -0.1) is 0 Å². The van der Waals surface area contributed by atoms with Crippen LogP contribution in [0.15, 0.2) is 18.5 Å². The van der Waals surface area contributed by atoms with Crippen LogP contribution in [0.5, 0.6) is 0 Å². The average molecular weight is 222 g/mol. The molecule has 0 bridgehead atoms. The van der Waals surface area contributed by atoms with Crippen molar-refractivity contribution < 1.29 is 0 Å². The summed E-state index contributed by atoms with van der Waals surface area (Å²) in [7, 11) is 0. The number of halogens is 1. The summed E-state index contributed by atoms with van der Waals surface area (Å²) in [5, 5.41) is 9.28. The molecule has 1 heterocycles. The van der Waals surface area contributed by atoms with Crippen molar-refractivity contribution in [1.82, 2.24) is 4.98 Å². The predicted octanol–water partition coefficient (Wildman–Crippen LogP) is 2.62. The molecule has 78 valence electrons. The molecule has 0 saturated heterocycles. The SMILES string of the molecule is N#CCCN(c1ccncc1Cl)C1CC1. The summed E-state index contributed by atoms with van der Waals surface area (Å²) in [4.78, 5) is 6.18. The topological polar surface area (TPSA) is 39.9 Å². The first-order valence-corrected chi connectivity index (χ1v) is 5.44. The number of hydrogen-bond donors (Lipinski definition) is 0. The van der Waals surface area contributed by atoms with Gasteiger partial charge in [0.15, 0.2) is 0 Å². The van der Waals surface area contributed by atoms with Crippen molar-refractivity contribution in [2.75, 3.05) is 11.4 Å². The molecule has 0 amide bonds. The lowest BCUT2D eigenvalue weighted by molar-refractivity contribution is 0.792. The smallest absolute Gasteiger partial charge is 0.0822 e. The lowest BCUT2D eigenvalue weighted by atomic mass is 10.3. The molecule has 15 heavy (non-hydrogen) atoms. The van der Waals surface area contributed by atoms with E-state index in [0.29, 0.717) is 17.5 Å². The van der Waals surface area contributed by atoms with Gasteiger partial charge in [0.05, 0.1) is 23.2 Å². The van der Waals surface area contributed by atoms with Crippen LogP contribution in [0.3, 0.4) is 0 Å². The molecule has 1 aromatic rings. The number of nitrogens with zero attached hydrogens (tertiary/aromatic N) is 3. The van der Waals surface area contributed by atoms with Gasteiger partial charge in [0.2, 0.25) is 0 Å². The number of hydrogen-bond acceptors (Lipinski definition) is 3. The Kier molecular flexibility index (Phi) is 3.08. The summed E-state index contributed by atoms with van der Waals surface area (Å²) in [6.07, 6.45) is 6.32. The normalized spacial score (nSPS) is 14.7. The summed E-state index contributed by atoms with van der Waals surface area (Å²) in [5.74, 6) is 0. The van der Waals surface area contributed by atoms with Crippen molar-refractivity contribution in [2.24, 2.45) is 0 Å². The van der Waals surface area contributed by atoms with Crippen LogP contribution in [0.1, 0.15) is 19.3 Å². The van der Waals surface area contributed by atoms with E-state index in [4.69, 9.17) is 16.9 Å². The Balaban J connectivity index is 2.17. The first-order chi connectivity index (χ1) is 7.33. The Morgan fingerprint density at radius 3 is 3.00 bits per heavy atom. The Bertz CT molecular complexity index is 382. The fourth-order valence-corrected chi connectivity index (χ4v) is 1.89. The minimum Gasteiger partial charge on any atom is -0.366 e. The van der Waals surface area contributed by atoms with E-state index >= 15 is 0 Å². The number of pyridine rings is 1. The first kappa shape index (κ1) is 10.3. The minimum absolute atomic E-state index is 0.537. The molecule has 1 saturated carbocycles. The molecular weight excluding hydrogens is 210 g/mol. The molecule has 0 unspecified atom stereocenters. The molecule has 0 radical (unpaired) electrons. The summed E-state index contributed by atoms with van der Waals surface area (Å²) in [6.45, 7) is 0.755. The molecule has 0 aromatic carbocycles. The summed E-state index contributed by atoms with van der Waals surface area (Å²) >= 11 is 6.08. The Labute approximate surface area is 94.3 Å². The number of anilines is 1. The molecule has 1 aliphatic rings. The van der Waals surface area contributed by atoms with Crippen LogP contribution in [-0.2, 0) is 0 Å². The summed E-state index contributed by atoms with van der Waals surface area (Å²) < 4.78 is 0. The van der Waals surface area contributed by atoms with Crippen molar-refractivity contribution in [1.29, 1.82) is 5.26 Å². The van der Waals surface area contributed by atoms with E-state index in [9.17, 15) is 0 Å². The van der Waals surface area contributed by atoms with Gasteiger partial charge >= 0.3 is 0 Å². The van der Waals surface area contributed by atoms with Crippen molar-refractivity contribution in [3.05, 3.63) is 23.5 Å². The third kappa shape index (κ3) is 2.40. The number of aromatic nitrogens is 1. The monoisotopic (exact) mass is 221 g/mol. The quantitative estimate of drug-likeness (QED) is 0.785. The molecule has 3 nitrogen and oxygen atoms in total. The van der Waals surface area contributed by atoms with Crippen LogP contribution in [0, 0.1) is 11.3 Å². The molecular formula is C11H12ClN3. The third-order valence-electron chi connectivity index (χ3n) is 2.51. The average Bonchev–Trinajstić information content (AvgIpc) is 3.05. The number of nitriles is 1. The van der Waals surface area contributed by atoms with Gasteiger partial charge in [-0.1, -0.05) is 11.6 Å². The van der Waals surface area contributed by atoms with Crippen LogP contribution in [0.25, 0.3) is 0 Å². The summed E-state index contributed by atoms with van der Waals surface area (Å²) in [6, 6.07) is 4.65. The standard InChI is InChI=1S/C11H12ClN3/c12-10-8-14-6-4-11(10)15(7-1-5-13)9-2-3-9/h4,6,8-9H,1-3,7H2. The van der Waals surface area contributed by atoms with Gasteiger partial charge in [-0.3, -0.25) is 4.98 Å². The molecule has 2 rings (SSSR count). The molecule has 1 aliphatic carbocycles. The van der Waals surface area contributed by atoms with E-state index in [1.54, 1.807) is 12.4 Å². The molecule has 0 N–H and O–H groups in total. The van der Waals surface area contributed by atoms with Gasteiger partial charge in [-0.2, -0.15) is 5.26 Å². The zero-order valence-electron chi connectivity index (χ0n) is 8.36. The zero-order valence-corrected chi connectivity index (χ0v) is 9.11. The zero-order chi connectivity index (χ0) is 10.7. The van der Waals surface area contributed by atoms with Crippen LogP contribution in [-0.4, -0.2) is 17.6 Å². The van der Waals surface area contributed by atoms with Crippen LogP contribution < -0.4 is 4.90 Å². The molecule has 4 heteroatoms. The minimum atomic E-state index is 0.537. The van der Waals surface area contributed by atoms with Gasteiger partial charge in [0.25, 0.3) is 0 Å². The Hall–Kier alpha value is -1.27. The highest BCUT2D eigenvalue weighted by Crippen LogP contribution is 2.34. The van der Waals surface area contributed by atoms with E-state index in [0.717, 1.165) is 12.2 Å². The van der Waals surface area contributed by atoms with Crippen LogP contribution >= 0.6 is 11.6 Å². The summed E-state index contributed by atoms with van der Waals surface area (Å²) in [5.41, 5.74) is 1.00. The third-order valence-corrected chi connectivity index (χ3v) is 2.80. The fourth-order valence-electron chi connectivity index (χ4n) is 1.66. The predicted molar refractivity (Wildman–Crippen MR) is 59.8 cm³/mol. The lowest BCUT2D eigenvalue weighted by Crippen LogP contribution is -2.26. The highest BCUT2D eigenvalue weighted by molar-refractivity contribution is 6.33. The van der Waals surface area contributed by atoms with Gasteiger partial charge in [-0.25, -0.2) is 0 Å². The molecule has 1 aromatic heterocycles. The van der Waals surface area contributed by atoms with E-state index in [2.05, 4.69) is 16.0 Å². The number of rotatable bonds is 4. The van der Waals surface area contributed by atoms with E-state index < -0.39 is 0 Å². The maximum Gasteiger partial charge on any atom is 0.0822 e. The first-order valence-electron chi connectivity index (χ1n) is 5.06. The molecule has 0 aliphatic heterocycles. The second kappa shape index (κ2) is 4.50. The van der Waals surface area contributed by atoms with Crippen molar-refractivity contribution in [3.63, 3.8) is 0 Å². The van der Waals surface area contributed by atoms with Crippen LogP contribution in [0.4, 0.5) is 5.69 Å². The van der Waals surface area contributed by atoms with Gasteiger partial charge in [-0.05, 0) is 18.9 Å². The largest absolute Gasteiger partial charge is 0.366 e. The highest BCUT2D eigenvalue weighted by Gasteiger charge is 2.29. The second-order valence-corrected chi connectivity index (χ2v) is 4.07. The van der Waals surface area contributed by atoms with Crippen LogP contribution in [0.2, 0.25) is 5.02 Å². The fraction of sp³-hybridized carbons (Fsp3) is 0.455. The van der Waals surface area contributed by atoms with Crippen molar-refractivity contribution in [3.8, 4) is 6.07 Å². The lowest BCUT2D eigenvalue weighted by Gasteiger charge is -2.24. The van der Waals surface area contributed by atoms with E-state index in [-0.39, 0.29) is 0 Å². The highest BCUT2D eigenvalue weighted by atomic mass is 35.5. The second-order valence-electron chi connectivity index (χ2n) is 3.66. The van der Waals surface area contributed by atoms with Gasteiger partial charge in [0, 0.05) is 25.0 Å². The Morgan fingerprint density at radius 1 is 1.60 bits per heavy atom. The van der Waals surface area contributed by atoms with Gasteiger partial charge < -0.3 is 4.90 Å². The molecule has 1 fully saturated rings. The van der Waals surface area contributed by atoms with E-state index in [1.165, 1.54) is 12.8 Å². The Morgan fingerprint density at radius 2 is 2.40 bits per heavy atom. The van der Waals surface area contributed by atoms with Crippen molar-refractivity contribution in [2.45, 2.75) is 25.3 Å². The molecule has 0 atom stereocenters. The maximum absolute atomic E-state index is 8.61. The van der Waals surface area contributed by atoms with Crippen molar-refractivity contribution >= 4 is 17.3 Å².